The summed E-state index contributed by atoms with van der Waals surface area (Å²) in [4.78, 5) is 18.3. The molecule has 0 spiro atoms. The highest BCUT2D eigenvalue weighted by Gasteiger charge is 1.94. The second-order valence-electron chi connectivity index (χ2n) is 2.46. The van der Waals surface area contributed by atoms with Gasteiger partial charge in [-0.2, -0.15) is 0 Å². The second kappa shape index (κ2) is 2.70. The van der Waals surface area contributed by atoms with Crippen LogP contribution in [0.3, 0.4) is 0 Å². The zero-order chi connectivity index (χ0) is 8.39. The predicted octanol–water partition coefficient (Wildman–Crippen LogP) is 1.44. The van der Waals surface area contributed by atoms with Gasteiger partial charge in [-0.25, -0.2) is 9.97 Å². The van der Waals surface area contributed by atoms with Crippen LogP contribution < -0.4 is 0 Å². The normalized spacial score (nSPS) is 10.0. The number of carbonyl (C=O) groups is 1. The van der Waals surface area contributed by atoms with Crippen LogP contribution in [0.2, 0.25) is 0 Å². The van der Waals surface area contributed by atoms with E-state index in [1.165, 1.54) is 6.33 Å². The Morgan fingerprint density at radius 1 is 1.33 bits per heavy atom. The summed E-state index contributed by atoms with van der Waals surface area (Å²) < 4.78 is 0. The molecule has 1 aromatic heterocycles. The van der Waals surface area contributed by atoms with Crippen molar-refractivity contribution in [2.45, 2.75) is 0 Å². The third-order valence-corrected chi connectivity index (χ3v) is 1.67. The van der Waals surface area contributed by atoms with Crippen molar-refractivity contribution < 1.29 is 4.79 Å². The van der Waals surface area contributed by atoms with E-state index in [4.69, 9.17) is 0 Å². The Balaban J connectivity index is 2.75. The van der Waals surface area contributed by atoms with Crippen LogP contribution in [0.1, 0.15) is 10.4 Å². The van der Waals surface area contributed by atoms with Gasteiger partial charge in [-0.3, -0.25) is 4.79 Å². The van der Waals surface area contributed by atoms with Gasteiger partial charge in [0.25, 0.3) is 0 Å². The molecule has 0 saturated heterocycles. The molecule has 2 rings (SSSR count). The van der Waals surface area contributed by atoms with Crippen LogP contribution in [0.5, 0.6) is 0 Å². The van der Waals surface area contributed by atoms with Crippen molar-refractivity contribution in [1.29, 1.82) is 0 Å². The van der Waals surface area contributed by atoms with Gasteiger partial charge < -0.3 is 0 Å². The number of fused-ring (bicyclic) bond motifs is 1. The van der Waals surface area contributed by atoms with Crippen molar-refractivity contribution in [2.24, 2.45) is 0 Å². The zero-order valence-corrected chi connectivity index (χ0v) is 6.27. The summed E-state index contributed by atoms with van der Waals surface area (Å²) in [6.07, 6.45) is 4.00. The van der Waals surface area contributed by atoms with Crippen LogP contribution in [0.25, 0.3) is 10.9 Å². The van der Waals surface area contributed by atoms with Crippen LogP contribution in [-0.2, 0) is 0 Å². The van der Waals surface area contributed by atoms with E-state index in [9.17, 15) is 4.79 Å². The Kier molecular flexibility index (Phi) is 1.55. The molecule has 3 heteroatoms. The molecule has 0 atom stereocenters. The van der Waals surface area contributed by atoms with Gasteiger partial charge in [-0.1, -0.05) is 12.1 Å². The van der Waals surface area contributed by atoms with Gasteiger partial charge in [0, 0.05) is 17.1 Å². The summed E-state index contributed by atoms with van der Waals surface area (Å²) in [5, 5.41) is 0.947. The number of hydrogen-bond acceptors (Lipinski definition) is 3. The summed E-state index contributed by atoms with van der Waals surface area (Å²) in [5.74, 6) is 0. The molecule has 0 aliphatic carbocycles. The van der Waals surface area contributed by atoms with Crippen molar-refractivity contribution in [1.82, 2.24) is 9.97 Å². The molecule has 0 unspecified atom stereocenters. The Morgan fingerprint density at radius 3 is 3.08 bits per heavy atom. The Labute approximate surface area is 69.1 Å². The molecule has 0 N–H and O–H groups in total. The number of hydrogen-bond donors (Lipinski definition) is 0. The maximum Gasteiger partial charge on any atom is 0.150 e. The number of rotatable bonds is 1. The smallest absolute Gasteiger partial charge is 0.150 e. The molecule has 0 saturated carbocycles. The maximum atomic E-state index is 10.4. The highest BCUT2D eigenvalue weighted by atomic mass is 16.1. The van der Waals surface area contributed by atoms with Crippen molar-refractivity contribution in [3.63, 3.8) is 0 Å². The molecule has 3 nitrogen and oxygen atoms in total. The highest BCUT2D eigenvalue weighted by molar-refractivity contribution is 5.85. The topological polar surface area (TPSA) is 42.9 Å². The first-order valence-corrected chi connectivity index (χ1v) is 3.55. The predicted molar refractivity (Wildman–Crippen MR) is 44.9 cm³/mol. The second-order valence-corrected chi connectivity index (χ2v) is 2.46. The lowest BCUT2D eigenvalue weighted by molar-refractivity contribution is 0.112. The van der Waals surface area contributed by atoms with E-state index in [-0.39, 0.29) is 0 Å². The molecular weight excluding hydrogens is 152 g/mol. The number of aldehydes is 1. The SMILES string of the molecule is O=Cc1ccc2cncnc2c1. The van der Waals surface area contributed by atoms with Crippen LogP contribution in [0.4, 0.5) is 0 Å². The molecule has 1 aromatic carbocycles. The van der Waals surface area contributed by atoms with Crippen LogP contribution >= 0.6 is 0 Å². The van der Waals surface area contributed by atoms with Gasteiger partial charge in [0.15, 0.2) is 0 Å². The summed E-state index contributed by atoms with van der Waals surface area (Å²) in [7, 11) is 0. The fourth-order valence-corrected chi connectivity index (χ4v) is 1.06. The molecule has 0 radical (unpaired) electrons. The molecule has 0 bridgehead atoms. The molecule has 1 heterocycles. The van der Waals surface area contributed by atoms with Crippen LogP contribution in [0.15, 0.2) is 30.7 Å². The van der Waals surface area contributed by atoms with E-state index in [0.717, 1.165) is 17.2 Å². The summed E-state index contributed by atoms with van der Waals surface area (Å²) in [6, 6.07) is 5.32. The van der Waals surface area contributed by atoms with E-state index in [0.29, 0.717) is 5.56 Å². The van der Waals surface area contributed by atoms with Gasteiger partial charge in [0.1, 0.15) is 12.6 Å². The molecule has 0 aliphatic rings. The summed E-state index contributed by atoms with van der Waals surface area (Å²) in [6.45, 7) is 0. The Hall–Kier alpha value is -1.77. The molecule has 0 amide bonds. The van der Waals surface area contributed by atoms with E-state index in [2.05, 4.69) is 9.97 Å². The first-order valence-electron chi connectivity index (χ1n) is 3.55. The monoisotopic (exact) mass is 158 g/mol. The average Bonchev–Trinajstić information content (AvgIpc) is 2.17. The van der Waals surface area contributed by atoms with Crippen LogP contribution in [0, 0.1) is 0 Å². The van der Waals surface area contributed by atoms with E-state index in [1.54, 1.807) is 18.3 Å². The van der Waals surface area contributed by atoms with Gasteiger partial charge >= 0.3 is 0 Å². The first-order chi connectivity index (χ1) is 5.90. The van der Waals surface area contributed by atoms with Crippen LogP contribution in [-0.4, -0.2) is 16.3 Å². The largest absolute Gasteiger partial charge is 0.298 e. The third kappa shape index (κ3) is 1.05. The van der Waals surface area contributed by atoms with Gasteiger partial charge in [-0.05, 0) is 6.07 Å². The molecule has 2 aromatic rings. The van der Waals surface area contributed by atoms with Gasteiger partial charge in [0.2, 0.25) is 0 Å². The molecule has 58 valence electrons. The quantitative estimate of drug-likeness (QED) is 0.590. The fraction of sp³-hybridized carbons (Fsp3) is 0. The minimum Gasteiger partial charge on any atom is -0.298 e. The molecular formula is C9H6N2O. The lowest BCUT2D eigenvalue weighted by Crippen LogP contribution is -1.83. The lowest BCUT2D eigenvalue weighted by atomic mass is 10.2. The minimum absolute atomic E-state index is 0.640. The first kappa shape index (κ1) is 6.91. The summed E-state index contributed by atoms with van der Waals surface area (Å²) >= 11 is 0. The molecule has 0 aliphatic heterocycles. The third-order valence-electron chi connectivity index (χ3n) is 1.67. The Bertz CT molecular complexity index is 426. The van der Waals surface area contributed by atoms with Gasteiger partial charge in [-0.15, -0.1) is 0 Å². The maximum absolute atomic E-state index is 10.4. The lowest BCUT2D eigenvalue weighted by Gasteiger charge is -1.94. The number of carbonyl (C=O) groups excluding carboxylic acids is 1. The van der Waals surface area contributed by atoms with Crippen molar-refractivity contribution in [3.8, 4) is 0 Å². The van der Waals surface area contributed by atoms with Crippen molar-refractivity contribution >= 4 is 17.2 Å². The van der Waals surface area contributed by atoms with Crippen molar-refractivity contribution in [2.75, 3.05) is 0 Å². The summed E-state index contributed by atoms with van der Waals surface area (Å²) in [5.41, 5.74) is 1.44. The zero-order valence-electron chi connectivity index (χ0n) is 6.27. The van der Waals surface area contributed by atoms with E-state index in [1.807, 2.05) is 6.07 Å². The minimum atomic E-state index is 0.640. The molecule has 12 heavy (non-hydrogen) atoms. The average molecular weight is 158 g/mol. The van der Waals surface area contributed by atoms with E-state index >= 15 is 0 Å². The number of nitrogens with zero attached hydrogens (tertiary/aromatic N) is 2. The Morgan fingerprint density at radius 2 is 2.25 bits per heavy atom. The number of benzene rings is 1. The fourth-order valence-electron chi connectivity index (χ4n) is 1.06. The van der Waals surface area contributed by atoms with E-state index < -0.39 is 0 Å². The standard InChI is InChI=1S/C9H6N2O/c12-5-7-1-2-8-4-10-6-11-9(8)3-7/h1-6H. The van der Waals surface area contributed by atoms with Crippen molar-refractivity contribution in [3.05, 3.63) is 36.3 Å². The van der Waals surface area contributed by atoms with Gasteiger partial charge in [0.05, 0.1) is 5.52 Å². The molecule has 0 fully saturated rings. The number of aromatic nitrogens is 2. The highest BCUT2D eigenvalue weighted by Crippen LogP contribution is 2.10.